The molecule has 0 bridgehead atoms. The number of aromatic nitrogens is 2. The number of rotatable bonds is 0. The Labute approximate surface area is 111 Å². The van der Waals surface area contributed by atoms with Crippen LogP contribution in [0.1, 0.15) is 11.1 Å². The van der Waals surface area contributed by atoms with Crippen molar-refractivity contribution >= 4 is 34.6 Å². The van der Waals surface area contributed by atoms with E-state index in [-0.39, 0.29) is 11.4 Å². The number of aromatic amines is 1. The van der Waals surface area contributed by atoms with Crippen LogP contribution < -0.4 is 10.9 Å². The zero-order chi connectivity index (χ0) is 12.9. The summed E-state index contributed by atoms with van der Waals surface area (Å²) in [5, 5.41) is 19.2. The fourth-order valence-electron chi connectivity index (χ4n) is 1.98. The maximum absolute atomic E-state index is 11.7. The third-order valence-electron chi connectivity index (χ3n) is 2.84. The van der Waals surface area contributed by atoms with Gasteiger partial charge in [-0.2, -0.15) is 0 Å². The number of fused-ring (bicyclic) bond motifs is 2. The van der Waals surface area contributed by atoms with Gasteiger partial charge in [0, 0.05) is 22.2 Å². The van der Waals surface area contributed by atoms with Crippen LogP contribution in [0.3, 0.4) is 0 Å². The SMILES string of the molecule is O=c1[nH]nc(O)c2c1Cc1c(Cl)cc(Cl)cc1N2. The minimum Gasteiger partial charge on any atom is -0.491 e. The van der Waals surface area contributed by atoms with Crippen LogP contribution in [0, 0.1) is 0 Å². The maximum atomic E-state index is 11.7. The predicted octanol–water partition coefficient (Wildman–Crippen LogP) is 2.43. The largest absolute Gasteiger partial charge is 0.491 e. The number of benzene rings is 1. The first-order valence-corrected chi connectivity index (χ1v) is 5.87. The van der Waals surface area contributed by atoms with Crippen LogP contribution in [0.15, 0.2) is 16.9 Å². The van der Waals surface area contributed by atoms with Crippen molar-refractivity contribution in [1.82, 2.24) is 10.2 Å². The van der Waals surface area contributed by atoms with Crippen molar-refractivity contribution < 1.29 is 5.11 Å². The number of nitrogens with one attached hydrogen (secondary N) is 2. The van der Waals surface area contributed by atoms with Crippen LogP contribution in [-0.4, -0.2) is 15.3 Å². The van der Waals surface area contributed by atoms with Gasteiger partial charge in [-0.1, -0.05) is 23.2 Å². The zero-order valence-corrected chi connectivity index (χ0v) is 10.4. The predicted molar refractivity (Wildman–Crippen MR) is 69.1 cm³/mol. The lowest BCUT2D eigenvalue weighted by molar-refractivity contribution is 0.445. The molecule has 1 aliphatic heterocycles. The second kappa shape index (κ2) is 3.90. The van der Waals surface area contributed by atoms with Crippen molar-refractivity contribution in [3.05, 3.63) is 43.7 Å². The first-order chi connectivity index (χ1) is 8.56. The standard InChI is InChI=1S/C11H7Cl2N3O2/c12-4-1-7(13)5-3-6-9(14-8(5)2-4)11(18)16-15-10(6)17/h1-2,14H,3H2,(H,15,17)(H,16,18). The Morgan fingerprint density at radius 2 is 2.06 bits per heavy atom. The molecule has 1 aromatic heterocycles. The molecule has 0 fully saturated rings. The molecule has 1 aromatic carbocycles. The van der Waals surface area contributed by atoms with Gasteiger partial charge in [-0.15, -0.1) is 5.10 Å². The second-order valence-electron chi connectivity index (χ2n) is 3.95. The molecule has 2 heterocycles. The maximum Gasteiger partial charge on any atom is 0.270 e. The Morgan fingerprint density at radius 1 is 1.28 bits per heavy atom. The van der Waals surface area contributed by atoms with Gasteiger partial charge in [-0.3, -0.25) is 4.79 Å². The monoisotopic (exact) mass is 283 g/mol. The molecule has 7 heteroatoms. The lowest BCUT2D eigenvalue weighted by atomic mass is 9.99. The highest BCUT2D eigenvalue weighted by molar-refractivity contribution is 6.35. The molecular weight excluding hydrogens is 277 g/mol. The van der Waals surface area contributed by atoms with Crippen molar-refractivity contribution in [2.75, 3.05) is 5.32 Å². The van der Waals surface area contributed by atoms with Gasteiger partial charge in [0.05, 0.1) is 5.56 Å². The highest BCUT2D eigenvalue weighted by Crippen LogP contribution is 2.39. The minimum atomic E-state index is -0.355. The molecule has 0 atom stereocenters. The summed E-state index contributed by atoms with van der Waals surface area (Å²) in [6.07, 6.45) is 0.319. The van der Waals surface area contributed by atoms with Gasteiger partial charge in [0.2, 0.25) is 0 Å². The number of H-pyrrole nitrogens is 1. The Balaban J connectivity index is 2.24. The van der Waals surface area contributed by atoms with Gasteiger partial charge in [-0.25, -0.2) is 5.10 Å². The fraction of sp³-hybridized carbons (Fsp3) is 0.0909. The Hall–Kier alpha value is -1.72. The molecule has 0 spiro atoms. The molecule has 1 aliphatic rings. The number of nitrogens with zero attached hydrogens (tertiary/aromatic N) is 1. The van der Waals surface area contributed by atoms with Crippen LogP contribution in [-0.2, 0) is 6.42 Å². The quantitative estimate of drug-likeness (QED) is 0.592. The summed E-state index contributed by atoms with van der Waals surface area (Å²) < 4.78 is 0. The van der Waals surface area contributed by atoms with E-state index in [0.717, 1.165) is 5.56 Å². The number of aromatic hydroxyl groups is 1. The van der Waals surface area contributed by atoms with Gasteiger partial charge < -0.3 is 10.4 Å². The smallest absolute Gasteiger partial charge is 0.270 e. The molecule has 0 radical (unpaired) electrons. The first kappa shape index (κ1) is 11.4. The average Bonchev–Trinajstić information content (AvgIpc) is 2.32. The summed E-state index contributed by atoms with van der Waals surface area (Å²) in [6, 6.07) is 3.30. The number of anilines is 2. The van der Waals surface area contributed by atoms with Crippen LogP contribution in [0.2, 0.25) is 10.0 Å². The topological polar surface area (TPSA) is 78.0 Å². The van der Waals surface area contributed by atoms with Crippen LogP contribution in [0.4, 0.5) is 11.4 Å². The van der Waals surface area contributed by atoms with E-state index in [2.05, 4.69) is 15.5 Å². The van der Waals surface area contributed by atoms with Crippen molar-refractivity contribution in [2.45, 2.75) is 6.42 Å². The average molecular weight is 284 g/mol. The number of hydrogen-bond donors (Lipinski definition) is 3. The second-order valence-corrected chi connectivity index (χ2v) is 4.79. The fourth-order valence-corrected chi connectivity index (χ4v) is 2.54. The molecule has 18 heavy (non-hydrogen) atoms. The van der Waals surface area contributed by atoms with Crippen molar-refractivity contribution in [3.63, 3.8) is 0 Å². The summed E-state index contributed by atoms with van der Waals surface area (Å²) >= 11 is 12.0. The van der Waals surface area contributed by atoms with E-state index in [0.29, 0.717) is 33.4 Å². The lowest BCUT2D eigenvalue weighted by Gasteiger charge is -2.21. The minimum absolute atomic E-state index is 0.258. The van der Waals surface area contributed by atoms with Gasteiger partial charge >= 0.3 is 0 Å². The molecule has 0 aliphatic carbocycles. The summed E-state index contributed by atoms with van der Waals surface area (Å²) in [5.41, 5.74) is 1.78. The van der Waals surface area contributed by atoms with Gasteiger partial charge in [-0.05, 0) is 17.7 Å². The van der Waals surface area contributed by atoms with E-state index in [1.807, 2.05) is 0 Å². The number of hydrogen-bond acceptors (Lipinski definition) is 4. The van der Waals surface area contributed by atoms with Crippen LogP contribution in [0.25, 0.3) is 0 Å². The number of halogens is 2. The first-order valence-electron chi connectivity index (χ1n) is 5.11. The lowest BCUT2D eigenvalue weighted by Crippen LogP contribution is -2.20. The van der Waals surface area contributed by atoms with E-state index >= 15 is 0 Å². The molecule has 5 nitrogen and oxygen atoms in total. The van der Waals surface area contributed by atoms with E-state index in [9.17, 15) is 9.90 Å². The normalized spacial score (nSPS) is 12.6. The zero-order valence-electron chi connectivity index (χ0n) is 8.92. The van der Waals surface area contributed by atoms with Gasteiger partial charge in [0.15, 0.2) is 0 Å². The van der Waals surface area contributed by atoms with Crippen molar-refractivity contribution in [3.8, 4) is 5.88 Å². The van der Waals surface area contributed by atoms with Crippen molar-refractivity contribution in [2.24, 2.45) is 0 Å². The molecular formula is C11H7Cl2N3O2. The molecule has 0 saturated carbocycles. The highest BCUT2D eigenvalue weighted by atomic mass is 35.5. The molecule has 3 rings (SSSR count). The molecule has 0 saturated heterocycles. The van der Waals surface area contributed by atoms with Crippen LogP contribution in [0.5, 0.6) is 5.88 Å². The Bertz CT molecular complexity index is 712. The third-order valence-corrected chi connectivity index (χ3v) is 3.39. The third kappa shape index (κ3) is 1.63. The van der Waals surface area contributed by atoms with E-state index in [4.69, 9.17) is 23.2 Å². The molecule has 2 aromatic rings. The van der Waals surface area contributed by atoms with Gasteiger partial charge in [0.1, 0.15) is 5.69 Å². The summed E-state index contributed by atoms with van der Waals surface area (Å²) in [5.74, 6) is -0.258. The Morgan fingerprint density at radius 3 is 2.83 bits per heavy atom. The van der Waals surface area contributed by atoms with E-state index < -0.39 is 0 Å². The molecule has 92 valence electrons. The molecule has 0 amide bonds. The van der Waals surface area contributed by atoms with E-state index in [1.54, 1.807) is 12.1 Å². The summed E-state index contributed by atoms with van der Waals surface area (Å²) in [6.45, 7) is 0. The summed E-state index contributed by atoms with van der Waals surface area (Å²) in [4.78, 5) is 11.7. The summed E-state index contributed by atoms with van der Waals surface area (Å²) in [7, 11) is 0. The molecule has 3 N–H and O–H groups in total. The van der Waals surface area contributed by atoms with E-state index in [1.165, 1.54) is 0 Å². The van der Waals surface area contributed by atoms with Crippen molar-refractivity contribution in [1.29, 1.82) is 0 Å². The Kier molecular flexibility index (Phi) is 2.46. The van der Waals surface area contributed by atoms with Gasteiger partial charge in [0.25, 0.3) is 11.4 Å². The highest BCUT2D eigenvalue weighted by Gasteiger charge is 2.23. The van der Waals surface area contributed by atoms with Crippen LogP contribution >= 0.6 is 23.2 Å². The molecule has 0 unspecified atom stereocenters.